The van der Waals surface area contributed by atoms with Gasteiger partial charge in [-0.1, -0.05) is 11.6 Å². The first-order valence-corrected chi connectivity index (χ1v) is 9.23. The van der Waals surface area contributed by atoms with E-state index in [0.717, 1.165) is 18.2 Å². The lowest BCUT2D eigenvalue weighted by molar-refractivity contribution is 0.102. The van der Waals surface area contributed by atoms with E-state index in [1.54, 1.807) is 48.5 Å². The molecule has 0 atom stereocenters. The Hall–Kier alpha value is -1.54. The van der Waals surface area contributed by atoms with Crippen molar-refractivity contribution >= 4 is 45.2 Å². The number of rotatable bonds is 5. The monoisotopic (exact) mass is 356 g/mol. The van der Waals surface area contributed by atoms with Crippen LogP contribution in [0, 0.1) is 0 Å². The Bertz CT molecular complexity index is 760. The Morgan fingerprint density at radius 2 is 1.64 bits per heavy atom. The van der Waals surface area contributed by atoms with E-state index in [0.29, 0.717) is 21.2 Å². The molecular formula is C14H13ClN2O3S2. The van der Waals surface area contributed by atoms with Crippen molar-refractivity contribution in [2.45, 2.75) is 4.90 Å². The summed E-state index contributed by atoms with van der Waals surface area (Å²) in [4.78, 5) is 12.8. The van der Waals surface area contributed by atoms with Crippen LogP contribution < -0.4 is 9.44 Å². The maximum absolute atomic E-state index is 12.1. The first-order valence-electron chi connectivity index (χ1n) is 6.14. The molecule has 0 unspecified atom stereocenters. The Labute approximate surface area is 138 Å². The summed E-state index contributed by atoms with van der Waals surface area (Å²) >= 11 is 6.75. The van der Waals surface area contributed by atoms with Crippen molar-refractivity contribution in [2.75, 3.05) is 11.6 Å². The van der Waals surface area contributed by atoms with Gasteiger partial charge < -0.3 is 5.32 Å². The van der Waals surface area contributed by atoms with Crippen molar-refractivity contribution in [2.24, 2.45) is 0 Å². The molecule has 0 aliphatic carbocycles. The van der Waals surface area contributed by atoms with Crippen LogP contribution in [0.5, 0.6) is 0 Å². The van der Waals surface area contributed by atoms with E-state index in [1.807, 2.05) is 0 Å². The van der Waals surface area contributed by atoms with Gasteiger partial charge in [0.2, 0.25) is 10.0 Å². The van der Waals surface area contributed by atoms with Crippen molar-refractivity contribution < 1.29 is 13.2 Å². The summed E-state index contributed by atoms with van der Waals surface area (Å²) in [5.74, 6) is -0.255. The minimum atomic E-state index is -3.27. The predicted octanol–water partition coefficient (Wildman–Crippen LogP) is 3.15. The van der Waals surface area contributed by atoms with E-state index in [-0.39, 0.29) is 5.91 Å². The average molecular weight is 357 g/mol. The van der Waals surface area contributed by atoms with Gasteiger partial charge in [-0.25, -0.2) is 8.42 Å². The van der Waals surface area contributed by atoms with Gasteiger partial charge in [0.05, 0.1) is 6.26 Å². The number of nitrogens with one attached hydrogen (secondary N) is 2. The van der Waals surface area contributed by atoms with Crippen molar-refractivity contribution in [3.63, 3.8) is 0 Å². The van der Waals surface area contributed by atoms with Gasteiger partial charge in [-0.15, -0.1) is 0 Å². The van der Waals surface area contributed by atoms with Crippen LogP contribution in [0.25, 0.3) is 0 Å². The molecule has 0 bridgehead atoms. The first kappa shape index (κ1) is 16.8. The number of halogens is 1. The summed E-state index contributed by atoms with van der Waals surface area (Å²) in [6.45, 7) is 0. The highest BCUT2D eigenvalue weighted by Crippen LogP contribution is 2.18. The maximum Gasteiger partial charge on any atom is 0.255 e. The van der Waals surface area contributed by atoms with E-state index in [9.17, 15) is 13.2 Å². The molecule has 0 saturated heterocycles. The van der Waals surface area contributed by atoms with Gasteiger partial charge in [-0.3, -0.25) is 4.79 Å². The number of carbonyl (C=O) groups is 1. The minimum Gasteiger partial charge on any atom is -0.322 e. The Kier molecular flexibility index (Phi) is 5.47. The van der Waals surface area contributed by atoms with Gasteiger partial charge in [0, 0.05) is 21.2 Å². The smallest absolute Gasteiger partial charge is 0.255 e. The molecule has 0 aliphatic rings. The third kappa shape index (κ3) is 5.34. The molecule has 1 amide bonds. The molecular weight excluding hydrogens is 344 g/mol. The average Bonchev–Trinajstić information content (AvgIpc) is 2.47. The number of anilines is 1. The second-order valence-corrected chi connectivity index (χ2v) is 7.77. The number of carbonyl (C=O) groups excluding carboxylic acids is 1. The van der Waals surface area contributed by atoms with E-state index >= 15 is 0 Å². The van der Waals surface area contributed by atoms with E-state index in [1.165, 1.54) is 0 Å². The standard InChI is InChI=1S/C14H13ClN2O3S2/c1-22(19,20)17-21-13-8-2-10(3-9-13)14(18)16-12-6-4-11(15)5-7-12/h2-9,17H,1H3,(H,16,18). The van der Waals surface area contributed by atoms with Crippen LogP contribution in [-0.4, -0.2) is 20.6 Å². The molecule has 8 heteroatoms. The van der Waals surface area contributed by atoms with Gasteiger partial charge in [0.1, 0.15) is 0 Å². The highest BCUT2D eigenvalue weighted by atomic mass is 35.5. The topological polar surface area (TPSA) is 75.3 Å². The van der Waals surface area contributed by atoms with Gasteiger partial charge in [-0.2, -0.15) is 4.13 Å². The molecule has 22 heavy (non-hydrogen) atoms. The third-order valence-electron chi connectivity index (χ3n) is 2.53. The summed E-state index contributed by atoms with van der Waals surface area (Å²) < 4.78 is 24.3. The zero-order valence-electron chi connectivity index (χ0n) is 11.5. The first-order chi connectivity index (χ1) is 10.3. The molecule has 0 fully saturated rings. The maximum atomic E-state index is 12.1. The van der Waals surface area contributed by atoms with Crippen molar-refractivity contribution in [3.8, 4) is 0 Å². The number of sulfonamides is 1. The second-order valence-electron chi connectivity index (χ2n) is 4.44. The molecule has 2 rings (SSSR count). The number of benzene rings is 2. The minimum absolute atomic E-state index is 0.255. The number of hydrogen-bond donors (Lipinski definition) is 2. The number of amides is 1. The fourth-order valence-corrected chi connectivity index (χ4v) is 2.92. The summed E-state index contributed by atoms with van der Waals surface area (Å²) in [5.41, 5.74) is 1.12. The normalized spacial score (nSPS) is 11.2. The van der Waals surface area contributed by atoms with Crippen LogP contribution in [0.1, 0.15) is 10.4 Å². The molecule has 2 N–H and O–H groups in total. The molecule has 2 aromatic carbocycles. The lowest BCUT2D eigenvalue weighted by atomic mass is 10.2. The van der Waals surface area contributed by atoms with Gasteiger partial charge in [-0.05, 0) is 60.5 Å². The van der Waals surface area contributed by atoms with Gasteiger partial charge in [0.15, 0.2) is 0 Å². The van der Waals surface area contributed by atoms with E-state index < -0.39 is 10.0 Å². The molecule has 5 nitrogen and oxygen atoms in total. The SMILES string of the molecule is CS(=O)(=O)NSc1ccc(C(=O)Nc2ccc(Cl)cc2)cc1. The van der Waals surface area contributed by atoms with Crippen LogP contribution in [-0.2, 0) is 10.0 Å². The van der Waals surface area contributed by atoms with Crippen molar-refractivity contribution in [1.29, 1.82) is 0 Å². The van der Waals surface area contributed by atoms with Crippen LogP contribution >= 0.6 is 23.5 Å². The zero-order chi connectivity index (χ0) is 16.2. The number of hydrogen-bond acceptors (Lipinski definition) is 4. The molecule has 0 aliphatic heterocycles. The van der Waals surface area contributed by atoms with Gasteiger partial charge in [0.25, 0.3) is 5.91 Å². The third-order valence-corrected chi connectivity index (χ3v) is 4.83. The lowest BCUT2D eigenvalue weighted by Crippen LogP contribution is -2.13. The summed E-state index contributed by atoms with van der Waals surface area (Å²) in [6, 6.07) is 13.4. The lowest BCUT2D eigenvalue weighted by Gasteiger charge is -2.06. The van der Waals surface area contributed by atoms with E-state index in [2.05, 4.69) is 9.44 Å². The second kappa shape index (κ2) is 7.15. The Balaban J connectivity index is 2.00. The van der Waals surface area contributed by atoms with Crippen LogP contribution in [0.3, 0.4) is 0 Å². The molecule has 0 radical (unpaired) electrons. The molecule has 0 saturated carbocycles. The summed E-state index contributed by atoms with van der Waals surface area (Å²) in [6.07, 6.45) is 1.08. The molecule has 2 aromatic rings. The fraction of sp³-hybridized carbons (Fsp3) is 0.0714. The summed E-state index contributed by atoms with van der Waals surface area (Å²) in [5, 5.41) is 3.34. The fourth-order valence-electron chi connectivity index (χ4n) is 1.53. The zero-order valence-corrected chi connectivity index (χ0v) is 13.9. The molecule has 0 aromatic heterocycles. The largest absolute Gasteiger partial charge is 0.322 e. The highest BCUT2D eigenvalue weighted by molar-refractivity contribution is 8.09. The van der Waals surface area contributed by atoms with E-state index in [4.69, 9.17) is 11.6 Å². The Morgan fingerprint density at radius 3 is 2.18 bits per heavy atom. The van der Waals surface area contributed by atoms with Gasteiger partial charge >= 0.3 is 0 Å². The van der Waals surface area contributed by atoms with Crippen LogP contribution in [0.2, 0.25) is 5.02 Å². The van der Waals surface area contributed by atoms with Crippen molar-refractivity contribution in [1.82, 2.24) is 4.13 Å². The predicted molar refractivity (Wildman–Crippen MR) is 89.7 cm³/mol. The van der Waals surface area contributed by atoms with Crippen LogP contribution in [0.15, 0.2) is 53.4 Å². The Morgan fingerprint density at radius 1 is 1.05 bits per heavy atom. The molecule has 0 heterocycles. The quantitative estimate of drug-likeness (QED) is 0.807. The molecule has 0 spiro atoms. The summed E-state index contributed by atoms with van der Waals surface area (Å²) in [7, 11) is -3.27. The van der Waals surface area contributed by atoms with Crippen molar-refractivity contribution in [3.05, 3.63) is 59.1 Å². The van der Waals surface area contributed by atoms with Crippen LogP contribution in [0.4, 0.5) is 5.69 Å². The molecule has 116 valence electrons. The highest BCUT2D eigenvalue weighted by Gasteiger charge is 2.07.